The summed E-state index contributed by atoms with van der Waals surface area (Å²) in [7, 11) is 0. The maximum absolute atomic E-state index is 3.57. The monoisotopic (exact) mass is 240 g/mol. The van der Waals surface area contributed by atoms with Crippen LogP contribution in [0, 0.1) is 0 Å². The van der Waals surface area contributed by atoms with E-state index in [1.54, 1.807) is 0 Å². The fourth-order valence-electron chi connectivity index (χ4n) is 1.20. The van der Waals surface area contributed by atoms with E-state index < -0.39 is 0 Å². The maximum atomic E-state index is 3.57. The molecule has 62 valence electrons. The molecule has 0 aliphatic rings. The summed E-state index contributed by atoms with van der Waals surface area (Å²) >= 11 is 5.43. The second kappa shape index (κ2) is 3.19. The third kappa shape index (κ3) is 1.41. The molecule has 0 fully saturated rings. The van der Waals surface area contributed by atoms with E-state index in [0.717, 1.165) is 0 Å². The van der Waals surface area contributed by atoms with Gasteiger partial charge in [-0.3, -0.25) is 0 Å². The van der Waals surface area contributed by atoms with Crippen molar-refractivity contribution in [3.8, 4) is 0 Å². The zero-order valence-electron chi connectivity index (χ0n) is 6.75. The molecule has 0 saturated carbocycles. The van der Waals surface area contributed by atoms with Gasteiger partial charge >= 0.3 is 0 Å². The SMILES string of the molecule is CC(Br)c1cc2ccccc2s1. The van der Waals surface area contributed by atoms with Crippen molar-refractivity contribution in [2.24, 2.45) is 0 Å². The van der Waals surface area contributed by atoms with Crippen LogP contribution in [-0.4, -0.2) is 0 Å². The van der Waals surface area contributed by atoms with Gasteiger partial charge in [0.25, 0.3) is 0 Å². The van der Waals surface area contributed by atoms with Gasteiger partial charge in [0, 0.05) is 14.4 Å². The first-order valence-electron chi connectivity index (χ1n) is 3.90. The molecule has 2 rings (SSSR count). The van der Waals surface area contributed by atoms with E-state index in [1.165, 1.54) is 15.0 Å². The number of halogens is 1. The maximum Gasteiger partial charge on any atom is 0.0461 e. The number of hydrogen-bond donors (Lipinski definition) is 0. The van der Waals surface area contributed by atoms with Crippen LogP contribution in [0.4, 0.5) is 0 Å². The van der Waals surface area contributed by atoms with Crippen LogP contribution in [0.2, 0.25) is 0 Å². The Morgan fingerprint density at radius 1 is 1.33 bits per heavy atom. The van der Waals surface area contributed by atoms with Crippen molar-refractivity contribution in [1.29, 1.82) is 0 Å². The average molecular weight is 241 g/mol. The molecule has 0 spiro atoms. The minimum Gasteiger partial charge on any atom is -0.139 e. The van der Waals surface area contributed by atoms with Crippen LogP contribution >= 0.6 is 27.3 Å². The highest BCUT2D eigenvalue weighted by Crippen LogP contribution is 2.33. The topological polar surface area (TPSA) is 0 Å². The second-order valence-electron chi connectivity index (χ2n) is 2.80. The van der Waals surface area contributed by atoms with Gasteiger partial charge in [-0.05, 0) is 24.4 Å². The fraction of sp³-hybridized carbons (Fsp3) is 0.200. The zero-order valence-corrected chi connectivity index (χ0v) is 9.15. The van der Waals surface area contributed by atoms with Crippen molar-refractivity contribution < 1.29 is 0 Å². The summed E-state index contributed by atoms with van der Waals surface area (Å²) in [5.41, 5.74) is 0. The predicted molar refractivity (Wildman–Crippen MR) is 59.2 cm³/mol. The average Bonchev–Trinajstić information content (AvgIpc) is 2.46. The molecule has 1 atom stereocenters. The third-order valence-corrected chi connectivity index (χ3v) is 3.93. The van der Waals surface area contributed by atoms with Crippen LogP contribution in [0.15, 0.2) is 30.3 Å². The van der Waals surface area contributed by atoms with Crippen molar-refractivity contribution >= 4 is 37.4 Å². The summed E-state index contributed by atoms with van der Waals surface area (Å²) in [4.78, 5) is 1.87. The van der Waals surface area contributed by atoms with Gasteiger partial charge in [0.1, 0.15) is 0 Å². The summed E-state index contributed by atoms with van der Waals surface area (Å²) in [6.45, 7) is 2.16. The second-order valence-corrected chi connectivity index (χ2v) is 5.29. The molecule has 0 amide bonds. The summed E-state index contributed by atoms with van der Waals surface area (Å²) in [5.74, 6) is 0. The smallest absolute Gasteiger partial charge is 0.0461 e. The number of hydrogen-bond acceptors (Lipinski definition) is 1. The van der Waals surface area contributed by atoms with Gasteiger partial charge in [0.15, 0.2) is 0 Å². The summed E-state index contributed by atoms with van der Waals surface area (Å²) in [6.07, 6.45) is 0. The van der Waals surface area contributed by atoms with Crippen LogP contribution in [-0.2, 0) is 0 Å². The highest BCUT2D eigenvalue weighted by Gasteiger charge is 2.04. The number of benzene rings is 1. The van der Waals surface area contributed by atoms with E-state index in [2.05, 4.69) is 53.2 Å². The summed E-state index contributed by atoms with van der Waals surface area (Å²) in [5, 5.41) is 1.35. The number of rotatable bonds is 1. The van der Waals surface area contributed by atoms with Gasteiger partial charge < -0.3 is 0 Å². The minimum atomic E-state index is 0.467. The van der Waals surface area contributed by atoms with Gasteiger partial charge in [-0.25, -0.2) is 0 Å². The van der Waals surface area contributed by atoms with Crippen molar-refractivity contribution in [2.45, 2.75) is 11.8 Å². The van der Waals surface area contributed by atoms with E-state index in [4.69, 9.17) is 0 Å². The molecule has 0 bridgehead atoms. The fourth-order valence-corrected chi connectivity index (χ4v) is 2.60. The molecule has 1 aromatic carbocycles. The van der Waals surface area contributed by atoms with Crippen LogP contribution < -0.4 is 0 Å². The molecule has 0 N–H and O–H groups in total. The lowest BCUT2D eigenvalue weighted by Crippen LogP contribution is -1.71. The Kier molecular flexibility index (Phi) is 2.20. The van der Waals surface area contributed by atoms with Crippen molar-refractivity contribution in [3.05, 3.63) is 35.2 Å². The predicted octanol–water partition coefficient (Wildman–Crippen LogP) is 4.36. The van der Waals surface area contributed by atoms with Gasteiger partial charge in [0.05, 0.1) is 0 Å². The molecule has 0 aliphatic carbocycles. The van der Waals surface area contributed by atoms with Crippen LogP contribution in [0.25, 0.3) is 10.1 Å². The van der Waals surface area contributed by atoms with Gasteiger partial charge in [-0.2, -0.15) is 0 Å². The molecule has 12 heavy (non-hydrogen) atoms. The Balaban J connectivity index is 2.62. The molecule has 0 radical (unpaired) electrons. The van der Waals surface area contributed by atoms with Gasteiger partial charge in [0.2, 0.25) is 0 Å². The van der Waals surface area contributed by atoms with E-state index >= 15 is 0 Å². The lowest BCUT2D eigenvalue weighted by Gasteiger charge is -1.93. The Labute approximate surface area is 84.4 Å². The zero-order chi connectivity index (χ0) is 8.55. The normalized spacial score (nSPS) is 13.5. The lowest BCUT2D eigenvalue weighted by atomic mass is 10.2. The first-order chi connectivity index (χ1) is 5.77. The summed E-state index contributed by atoms with van der Waals surface area (Å²) in [6, 6.07) is 10.7. The molecule has 2 aromatic rings. The standard InChI is InChI=1S/C10H9BrS/c1-7(11)10-6-8-4-2-3-5-9(8)12-10/h2-7H,1H3. The summed E-state index contributed by atoms with van der Waals surface area (Å²) < 4.78 is 1.37. The van der Waals surface area contributed by atoms with Gasteiger partial charge in [-0.15, -0.1) is 11.3 Å². The number of alkyl halides is 1. The Morgan fingerprint density at radius 3 is 2.75 bits per heavy atom. The minimum absolute atomic E-state index is 0.467. The number of fused-ring (bicyclic) bond motifs is 1. The lowest BCUT2D eigenvalue weighted by molar-refractivity contribution is 1.17. The quantitative estimate of drug-likeness (QED) is 0.651. The molecule has 1 unspecified atom stereocenters. The molecular formula is C10H9BrS. The third-order valence-electron chi connectivity index (χ3n) is 1.84. The van der Waals surface area contributed by atoms with Crippen molar-refractivity contribution in [3.63, 3.8) is 0 Å². The van der Waals surface area contributed by atoms with Crippen molar-refractivity contribution in [1.82, 2.24) is 0 Å². The van der Waals surface area contributed by atoms with E-state index in [9.17, 15) is 0 Å². The molecule has 1 aromatic heterocycles. The van der Waals surface area contributed by atoms with Crippen molar-refractivity contribution in [2.75, 3.05) is 0 Å². The molecule has 1 heterocycles. The molecule has 0 nitrogen and oxygen atoms in total. The molecule has 0 aliphatic heterocycles. The highest BCUT2D eigenvalue weighted by molar-refractivity contribution is 9.09. The van der Waals surface area contributed by atoms with Crippen LogP contribution in [0.1, 0.15) is 16.6 Å². The Hall–Kier alpha value is -0.340. The Bertz CT molecular complexity index is 356. The number of thiophene rings is 1. The van der Waals surface area contributed by atoms with Gasteiger partial charge in [-0.1, -0.05) is 34.1 Å². The molecule has 2 heteroatoms. The van der Waals surface area contributed by atoms with E-state index in [1.807, 2.05) is 11.3 Å². The highest BCUT2D eigenvalue weighted by atomic mass is 79.9. The molecular weight excluding hydrogens is 232 g/mol. The first-order valence-corrected chi connectivity index (χ1v) is 5.63. The Morgan fingerprint density at radius 2 is 2.08 bits per heavy atom. The van der Waals surface area contributed by atoms with Crippen LogP contribution in [0.5, 0.6) is 0 Å². The first kappa shape index (κ1) is 8.27. The van der Waals surface area contributed by atoms with E-state index in [-0.39, 0.29) is 0 Å². The molecule has 0 saturated heterocycles. The largest absolute Gasteiger partial charge is 0.139 e. The van der Waals surface area contributed by atoms with E-state index in [0.29, 0.717) is 4.83 Å². The van der Waals surface area contributed by atoms with Crippen LogP contribution in [0.3, 0.4) is 0 Å².